The highest BCUT2D eigenvalue weighted by Gasteiger charge is 1.99. The predicted molar refractivity (Wildman–Crippen MR) is 157 cm³/mol. The van der Waals surface area contributed by atoms with Crippen molar-refractivity contribution in [3.63, 3.8) is 0 Å². The number of esters is 1. The third-order valence-corrected chi connectivity index (χ3v) is 5.15. The molecule has 0 N–H and O–H groups in total. The second-order valence-electron chi connectivity index (χ2n) is 8.36. The Kier molecular flexibility index (Phi) is 38.6. The number of hydrogen-bond acceptors (Lipinski definition) is 14. The van der Waals surface area contributed by atoms with Gasteiger partial charge in [0.15, 0.2) is 0 Å². The van der Waals surface area contributed by atoms with Gasteiger partial charge in [-0.15, -0.1) is 11.6 Å². The molecule has 0 aliphatic carbocycles. The Hall–Kier alpha value is -0.720. The number of halogens is 1. The minimum Gasteiger partial charge on any atom is -0.469 e. The summed E-state index contributed by atoms with van der Waals surface area (Å²) in [6.45, 7) is 11.8. The van der Waals surface area contributed by atoms with Gasteiger partial charge in [-0.25, -0.2) is 0 Å². The number of carbonyl (C=O) groups is 1. The Morgan fingerprint density at radius 3 is 0.721 bits per heavy atom. The Balaban J connectivity index is 3.04. The first-order chi connectivity index (χ1) is 21.3. The van der Waals surface area contributed by atoms with E-state index >= 15 is 0 Å². The molecule has 0 saturated heterocycles. The van der Waals surface area contributed by atoms with Gasteiger partial charge in [-0.05, 0) is 0 Å². The van der Waals surface area contributed by atoms with Crippen molar-refractivity contribution in [2.45, 2.75) is 6.42 Å². The van der Waals surface area contributed by atoms with Crippen molar-refractivity contribution in [2.24, 2.45) is 0 Å². The summed E-state index contributed by atoms with van der Waals surface area (Å²) in [6, 6.07) is 0. The van der Waals surface area contributed by atoms with Crippen molar-refractivity contribution in [2.75, 3.05) is 172 Å². The van der Waals surface area contributed by atoms with Crippen molar-refractivity contribution in [1.82, 2.24) is 0 Å². The van der Waals surface area contributed by atoms with Gasteiger partial charge in [-0.1, -0.05) is 0 Å². The van der Waals surface area contributed by atoms with Crippen molar-refractivity contribution >= 4 is 17.6 Å². The zero-order chi connectivity index (χ0) is 31.2. The number of rotatable bonds is 38. The maximum atomic E-state index is 10.9. The summed E-state index contributed by atoms with van der Waals surface area (Å²) < 4.78 is 69.2. The molecule has 0 rings (SSSR count). The summed E-state index contributed by atoms with van der Waals surface area (Å²) in [5.41, 5.74) is 0. The molecule has 0 saturated carbocycles. The first kappa shape index (κ1) is 42.3. The van der Waals surface area contributed by atoms with Gasteiger partial charge in [0.25, 0.3) is 0 Å². The highest BCUT2D eigenvalue weighted by atomic mass is 35.5. The number of ether oxygens (including phenoxy) is 13. The zero-order valence-corrected chi connectivity index (χ0v) is 26.7. The minimum absolute atomic E-state index is 0.244. The van der Waals surface area contributed by atoms with Crippen LogP contribution >= 0.6 is 11.6 Å². The Bertz CT molecular complexity index is 536. The van der Waals surface area contributed by atoms with Crippen molar-refractivity contribution in [3.8, 4) is 0 Å². The van der Waals surface area contributed by atoms with Crippen molar-refractivity contribution in [1.29, 1.82) is 0 Å². The lowest BCUT2D eigenvalue weighted by atomic mass is 10.5. The lowest BCUT2D eigenvalue weighted by molar-refractivity contribution is -0.141. The van der Waals surface area contributed by atoms with Gasteiger partial charge in [-0.3, -0.25) is 4.79 Å². The zero-order valence-electron chi connectivity index (χ0n) is 26.0. The topological polar surface area (TPSA) is 137 Å². The molecule has 43 heavy (non-hydrogen) atoms. The van der Waals surface area contributed by atoms with Gasteiger partial charge in [0.1, 0.15) is 0 Å². The molecule has 0 spiro atoms. The van der Waals surface area contributed by atoms with E-state index in [1.807, 2.05) is 0 Å². The smallest absolute Gasteiger partial charge is 0.307 e. The number of methoxy groups -OCH3 is 1. The summed E-state index contributed by atoms with van der Waals surface area (Å²) >= 11 is 5.50. The molecule has 0 aliphatic heterocycles. The molecule has 0 atom stereocenters. The average molecular weight is 651 g/mol. The SMILES string of the molecule is COC(=O)CCOCCOCCOCCOCCOCCOCCOCCOCCOCCOCCOCCOCCCl. The van der Waals surface area contributed by atoms with E-state index in [-0.39, 0.29) is 12.4 Å². The van der Waals surface area contributed by atoms with Gasteiger partial charge < -0.3 is 61.6 Å². The standard InChI is InChI=1S/C28H55ClO14/c1-31-28(30)2-4-32-6-8-34-10-12-36-14-16-38-18-20-40-22-24-42-26-27-43-25-23-41-21-19-39-17-15-37-13-11-35-9-7-33-5-3-29/h2-27H2,1H3. The summed E-state index contributed by atoms with van der Waals surface area (Å²) in [7, 11) is 1.35. The molecule has 0 aromatic heterocycles. The molecule has 0 unspecified atom stereocenters. The molecule has 0 aromatic carbocycles. The monoisotopic (exact) mass is 650 g/mol. The van der Waals surface area contributed by atoms with Crippen LogP contribution < -0.4 is 0 Å². The second kappa shape index (κ2) is 39.3. The third kappa shape index (κ3) is 39.3. The summed E-state index contributed by atoms with van der Waals surface area (Å²) in [5, 5.41) is 0. The first-order valence-electron chi connectivity index (χ1n) is 14.9. The normalized spacial score (nSPS) is 11.4. The molecule has 15 heteroatoms. The van der Waals surface area contributed by atoms with Gasteiger partial charge >= 0.3 is 5.97 Å². The van der Waals surface area contributed by atoms with Crippen LogP contribution in [0.5, 0.6) is 0 Å². The lowest BCUT2D eigenvalue weighted by Gasteiger charge is -2.09. The molecular weight excluding hydrogens is 596 g/mol. The molecule has 14 nitrogen and oxygen atoms in total. The maximum Gasteiger partial charge on any atom is 0.307 e. The fraction of sp³-hybridized carbons (Fsp3) is 0.964. The Morgan fingerprint density at radius 2 is 0.535 bits per heavy atom. The molecule has 0 radical (unpaired) electrons. The summed E-state index contributed by atoms with van der Waals surface area (Å²) in [6.07, 6.45) is 0.244. The van der Waals surface area contributed by atoms with Gasteiger partial charge in [-0.2, -0.15) is 0 Å². The van der Waals surface area contributed by atoms with Crippen LogP contribution in [0.25, 0.3) is 0 Å². The van der Waals surface area contributed by atoms with Crippen LogP contribution in [-0.4, -0.2) is 178 Å². The van der Waals surface area contributed by atoms with Crippen molar-refractivity contribution < 1.29 is 66.4 Å². The predicted octanol–water partition coefficient (Wildman–Crippen LogP) is 0.988. The van der Waals surface area contributed by atoms with Crippen LogP contribution in [0.15, 0.2) is 0 Å². The number of hydrogen-bond donors (Lipinski definition) is 0. The highest BCUT2D eigenvalue weighted by molar-refractivity contribution is 6.17. The number of alkyl halides is 1. The van der Waals surface area contributed by atoms with E-state index in [1.54, 1.807) is 0 Å². The Morgan fingerprint density at radius 1 is 0.349 bits per heavy atom. The Labute approximate surface area is 262 Å². The largest absolute Gasteiger partial charge is 0.469 e. The molecule has 258 valence electrons. The van der Waals surface area contributed by atoms with E-state index in [2.05, 4.69) is 4.74 Å². The van der Waals surface area contributed by atoms with Gasteiger partial charge in [0.2, 0.25) is 0 Å². The van der Waals surface area contributed by atoms with E-state index in [9.17, 15) is 4.79 Å². The van der Waals surface area contributed by atoms with E-state index in [4.69, 9.17) is 68.4 Å². The minimum atomic E-state index is -0.286. The third-order valence-electron chi connectivity index (χ3n) is 4.99. The summed E-state index contributed by atoms with van der Waals surface area (Å²) in [4.78, 5) is 10.9. The molecule has 0 fully saturated rings. The fourth-order valence-corrected chi connectivity index (χ4v) is 2.94. The average Bonchev–Trinajstić information content (AvgIpc) is 3.02. The molecule has 0 amide bonds. The molecular formula is C28H55ClO14. The van der Waals surface area contributed by atoms with E-state index in [1.165, 1.54) is 7.11 Å². The van der Waals surface area contributed by atoms with Gasteiger partial charge in [0, 0.05) is 5.88 Å². The quantitative estimate of drug-likeness (QED) is 0.0533. The highest BCUT2D eigenvalue weighted by Crippen LogP contribution is 1.89. The molecule has 0 aliphatic rings. The molecule has 0 aromatic rings. The second-order valence-corrected chi connectivity index (χ2v) is 8.74. The van der Waals surface area contributed by atoms with E-state index < -0.39 is 0 Å². The first-order valence-corrected chi connectivity index (χ1v) is 15.4. The van der Waals surface area contributed by atoms with E-state index in [0.717, 1.165) is 0 Å². The molecule has 0 heterocycles. The van der Waals surface area contributed by atoms with Crippen LogP contribution in [0, 0.1) is 0 Å². The van der Waals surface area contributed by atoms with Crippen LogP contribution in [0.1, 0.15) is 6.42 Å². The van der Waals surface area contributed by atoms with Gasteiger partial charge in [0.05, 0.1) is 172 Å². The van der Waals surface area contributed by atoms with E-state index in [0.29, 0.717) is 164 Å². The lowest BCUT2D eigenvalue weighted by Crippen LogP contribution is -2.15. The maximum absolute atomic E-state index is 10.9. The van der Waals surface area contributed by atoms with Crippen molar-refractivity contribution in [3.05, 3.63) is 0 Å². The molecule has 0 bridgehead atoms. The number of carbonyl (C=O) groups excluding carboxylic acids is 1. The van der Waals surface area contributed by atoms with Crippen LogP contribution in [-0.2, 0) is 66.4 Å². The van der Waals surface area contributed by atoms with Crippen LogP contribution in [0.4, 0.5) is 0 Å². The summed E-state index contributed by atoms with van der Waals surface area (Å²) in [5.74, 6) is 0.208. The fourth-order valence-electron chi connectivity index (χ4n) is 2.83. The van der Waals surface area contributed by atoms with Crippen LogP contribution in [0.2, 0.25) is 0 Å². The van der Waals surface area contributed by atoms with Crippen LogP contribution in [0.3, 0.4) is 0 Å².